The van der Waals surface area contributed by atoms with Crippen LogP contribution in [-0.4, -0.2) is 51.8 Å². The van der Waals surface area contributed by atoms with Crippen molar-refractivity contribution in [2.24, 2.45) is 0 Å². The van der Waals surface area contributed by atoms with Crippen LogP contribution >= 0.6 is 15.9 Å². The van der Waals surface area contributed by atoms with Crippen LogP contribution in [0.3, 0.4) is 0 Å². The number of alkyl halides is 3. The third-order valence-corrected chi connectivity index (χ3v) is 5.42. The summed E-state index contributed by atoms with van der Waals surface area (Å²) in [6.45, 7) is 1.88. The molecule has 0 aliphatic carbocycles. The number of carbonyl (C=O) groups excluding carboxylic acids is 1. The zero-order chi connectivity index (χ0) is 21.3. The number of piperazine rings is 1. The average molecular weight is 480 g/mol. The molecule has 2 aromatic heterocycles. The van der Waals surface area contributed by atoms with Crippen LogP contribution in [-0.2, 0) is 6.18 Å². The highest BCUT2D eigenvalue weighted by Gasteiger charge is 2.31. The molecule has 30 heavy (non-hydrogen) atoms. The lowest BCUT2D eigenvalue weighted by atomic mass is 10.2. The molecule has 1 aromatic carbocycles. The number of benzene rings is 1. The summed E-state index contributed by atoms with van der Waals surface area (Å²) in [5, 5.41) is 4.26. The fourth-order valence-corrected chi connectivity index (χ4v) is 3.49. The molecule has 0 bridgehead atoms. The Labute approximate surface area is 179 Å². The number of nitrogens with zero attached hydrogens (tertiary/aromatic N) is 5. The van der Waals surface area contributed by atoms with Gasteiger partial charge in [-0.1, -0.05) is 15.9 Å². The number of amides is 1. The Morgan fingerprint density at radius 2 is 1.67 bits per heavy atom. The van der Waals surface area contributed by atoms with Crippen LogP contribution in [0.25, 0.3) is 5.69 Å². The molecule has 0 atom stereocenters. The molecule has 1 aliphatic rings. The zero-order valence-electron chi connectivity index (χ0n) is 15.7. The fourth-order valence-electron chi connectivity index (χ4n) is 3.23. The molecule has 1 amide bonds. The molecule has 3 heterocycles. The van der Waals surface area contributed by atoms with Gasteiger partial charge in [0.2, 0.25) is 0 Å². The molecule has 6 nitrogen and oxygen atoms in total. The minimum atomic E-state index is -4.41. The number of pyridine rings is 1. The topological polar surface area (TPSA) is 54.3 Å². The molecule has 1 fully saturated rings. The van der Waals surface area contributed by atoms with E-state index in [1.807, 2.05) is 29.2 Å². The number of anilines is 1. The van der Waals surface area contributed by atoms with Crippen LogP contribution < -0.4 is 4.90 Å². The molecule has 0 N–H and O–H groups in total. The number of rotatable bonds is 3. The van der Waals surface area contributed by atoms with Crippen molar-refractivity contribution < 1.29 is 18.0 Å². The largest absolute Gasteiger partial charge is 0.417 e. The van der Waals surface area contributed by atoms with Crippen molar-refractivity contribution in [1.82, 2.24) is 19.7 Å². The Morgan fingerprint density at radius 1 is 0.967 bits per heavy atom. The summed E-state index contributed by atoms with van der Waals surface area (Å²) in [5.41, 5.74) is 0.553. The standard InChI is InChI=1S/C20H17BrF3N5O/c21-16-2-4-17(5-3-16)29-13-14(11-26-29)19(30)28-9-7-27(8-10-28)18-6-1-15(12-25-18)20(22,23)24/h1-6,11-13H,7-10H2. The molecule has 0 spiro atoms. The van der Waals surface area contributed by atoms with Crippen LogP contribution in [0.5, 0.6) is 0 Å². The molecule has 0 saturated carbocycles. The second-order valence-electron chi connectivity index (χ2n) is 6.83. The summed E-state index contributed by atoms with van der Waals surface area (Å²) >= 11 is 3.38. The number of carbonyl (C=O) groups is 1. The SMILES string of the molecule is O=C(c1cnn(-c2ccc(Br)cc2)c1)N1CCN(c2ccc(C(F)(F)F)cn2)CC1. The highest BCUT2D eigenvalue weighted by Crippen LogP contribution is 2.29. The second kappa shape index (κ2) is 8.10. The minimum Gasteiger partial charge on any atom is -0.353 e. The van der Waals surface area contributed by atoms with Gasteiger partial charge in [-0.15, -0.1) is 0 Å². The van der Waals surface area contributed by atoms with Gasteiger partial charge in [0.05, 0.1) is 23.0 Å². The molecule has 156 valence electrons. The number of halogens is 4. The summed E-state index contributed by atoms with van der Waals surface area (Å²) in [6.07, 6.45) is -0.343. The lowest BCUT2D eigenvalue weighted by Crippen LogP contribution is -2.49. The van der Waals surface area contributed by atoms with Crippen molar-refractivity contribution in [3.63, 3.8) is 0 Å². The van der Waals surface area contributed by atoms with Crippen LogP contribution in [0.15, 0.2) is 59.5 Å². The van der Waals surface area contributed by atoms with E-state index in [0.717, 1.165) is 22.4 Å². The fraction of sp³-hybridized carbons (Fsp3) is 0.250. The van der Waals surface area contributed by atoms with Gasteiger partial charge in [0.1, 0.15) is 5.82 Å². The van der Waals surface area contributed by atoms with Crippen molar-refractivity contribution in [2.45, 2.75) is 6.18 Å². The Balaban J connectivity index is 1.38. The maximum absolute atomic E-state index is 12.8. The van der Waals surface area contributed by atoms with Crippen LogP contribution in [0, 0.1) is 0 Å². The molecule has 10 heteroatoms. The Hall–Kier alpha value is -2.88. The van der Waals surface area contributed by atoms with E-state index >= 15 is 0 Å². The average Bonchev–Trinajstić information content (AvgIpc) is 3.24. The van der Waals surface area contributed by atoms with Crippen molar-refractivity contribution in [3.8, 4) is 5.69 Å². The molecule has 0 unspecified atom stereocenters. The first kappa shape index (κ1) is 20.4. The Morgan fingerprint density at radius 3 is 2.27 bits per heavy atom. The first-order valence-electron chi connectivity index (χ1n) is 9.19. The highest BCUT2D eigenvalue weighted by atomic mass is 79.9. The van der Waals surface area contributed by atoms with Crippen molar-refractivity contribution in [3.05, 3.63) is 70.6 Å². The van der Waals surface area contributed by atoms with E-state index in [-0.39, 0.29) is 5.91 Å². The van der Waals surface area contributed by atoms with Crippen LogP contribution in [0.1, 0.15) is 15.9 Å². The first-order chi connectivity index (χ1) is 14.3. The van der Waals surface area contributed by atoms with Gasteiger partial charge < -0.3 is 9.80 Å². The van der Waals surface area contributed by atoms with Crippen molar-refractivity contribution >= 4 is 27.7 Å². The third kappa shape index (κ3) is 4.33. The number of aromatic nitrogens is 3. The van der Waals surface area contributed by atoms with Gasteiger partial charge in [-0.05, 0) is 36.4 Å². The lowest BCUT2D eigenvalue weighted by Gasteiger charge is -2.35. The molecule has 1 saturated heterocycles. The van der Waals surface area contributed by atoms with Crippen molar-refractivity contribution in [1.29, 1.82) is 0 Å². The number of hydrogen-bond acceptors (Lipinski definition) is 4. The van der Waals surface area contributed by atoms with Gasteiger partial charge in [0, 0.05) is 43.0 Å². The lowest BCUT2D eigenvalue weighted by molar-refractivity contribution is -0.137. The van der Waals surface area contributed by atoms with E-state index in [1.54, 1.807) is 15.8 Å². The van der Waals surface area contributed by atoms with Crippen molar-refractivity contribution in [2.75, 3.05) is 31.1 Å². The molecule has 1 aliphatic heterocycles. The smallest absolute Gasteiger partial charge is 0.353 e. The van der Waals surface area contributed by atoms with Crippen LogP contribution in [0.4, 0.5) is 19.0 Å². The maximum Gasteiger partial charge on any atom is 0.417 e. The minimum absolute atomic E-state index is 0.126. The highest BCUT2D eigenvalue weighted by molar-refractivity contribution is 9.10. The van der Waals surface area contributed by atoms with Gasteiger partial charge in [-0.25, -0.2) is 9.67 Å². The maximum atomic E-state index is 12.8. The quantitative estimate of drug-likeness (QED) is 0.569. The summed E-state index contributed by atoms with van der Waals surface area (Å²) in [7, 11) is 0. The van der Waals surface area contributed by atoms with Gasteiger partial charge in [-0.3, -0.25) is 4.79 Å². The van der Waals surface area contributed by atoms with Gasteiger partial charge in [-0.2, -0.15) is 18.3 Å². The predicted molar refractivity (Wildman–Crippen MR) is 109 cm³/mol. The third-order valence-electron chi connectivity index (χ3n) is 4.89. The van der Waals surface area contributed by atoms with E-state index in [2.05, 4.69) is 26.0 Å². The first-order valence-corrected chi connectivity index (χ1v) is 9.99. The monoisotopic (exact) mass is 479 g/mol. The van der Waals surface area contributed by atoms with E-state index in [1.165, 1.54) is 12.3 Å². The molecule has 4 rings (SSSR count). The van der Waals surface area contributed by atoms with Gasteiger partial charge in [0.25, 0.3) is 5.91 Å². The van der Waals surface area contributed by atoms with Gasteiger partial charge in [0.15, 0.2) is 0 Å². The summed E-state index contributed by atoms with van der Waals surface area (Å²) < 4.78 is 40.6. The van der Waals surface area contributed by atoms with Gasteiger partial charge >= 0.3 is 6.18 Å². The summed E-state index contributed by atoms with van der Waals surface area (Å²) in [6, 6.07) is 9.96. The van der Waals surface area contributed by atoms with E-state index in [4.69, 9.17) is 0 Å². The Bertz CT molecular complexity index is 1030. The molecule has 0 radical (unpaired) electrons. The Kier molecular flexibility index (Phi) is 5.50. The summed E-state index contributed by atoms with van der Waals surface area (Å²) in [5.74, 6) is 0.344. The zero-order valence-corrected chi connectivity index (χ0v) is 17.3. The van der Waals surface area contributed by atoms with E-state index in [9.17, 15) is 18.0 Å². The molecular weight excluding hydrogens is 463 g/mol. The number of hydrogen-bond donors (Lipinski definition) is 0. The molecule has 3 aromatic rings. The van der Waals surface area contributed by atoms with E-state index < -0.39 is 11.7 Å². The normalized spacial score (nSPS) is 14.8. The van der Waals surface area contributed by atoms with E-state index in [0.29, 0.717) is 37.6 Å². The summed E-state index contributed by atoms with van der Waals surface area (Å²) in [4.78, 5) is 20.3. The second-order valence-corrected chi connectivity index (χ2v) is 7.75. The van der Waals surface area contributed by atoms with Crippen LogP contribution in [0.2, 0.25) is 0 Å². The predicted octanol–water partition coefficient (Wildman–Crippen LogP) is 4.01. The molecular formula is C20H17BrF3N5O.